The fourth-order valence-electron chi connectivity index (χ4n) is 4.17. The average molecular weight is 521 g/mol. The number of imide groups is 1. The van der Waals surface area contributed by atoms with Crippen LogP contribution in [0.25, 0.3) is 0 Å². The minimum atomic E-state index is -0.530. The number of carbonyl (C=O) groups is 2. The normalized spacial score (nSPS) is 11.7. The maximum atomic E-state index is 11.8. The third kappa shape index (κ3) is 20.5. The minimum Gasteiger partial charge on any atom is -0.508 e. The Morgan fingerprint density at radius 2 is 1.35 bits per heavy atom. The van der Waals surface area contributed by atoms with Gasteiger partial charge in [0.2, 0.25) is 5.91 Å². The van der Waals surface area contributed by atoms with Crippen LogP contribution in [-0.2, 0) is 9.53 Å². The van der Waals surface area contributed by atoms with Gasteiger partial charge in [0.05, 0.1) is 25.7 Å². The Labute approximate surface area is 225 Å². The van der Waals surface area contributed by atoms with E-state index in [1.807, 2.05) is 0 Å². The third-order valence-electron chi connectivity index (χ3n) is 6.44. The maximum Gasteiger partial charge on any atom is 0.321 e. The molecule has 0 fully saturated rings. The molecule has 3 amide bonds. The van der Waals surface area contributed by atoms with Gasteiger partial charge in [-0.25, -0.2) is 4.79 Å². The molecule has 0 heterocycles. The third-order valence-corrected chi connectivity index (χ3v) is 6.44. The number of phenolic OH excluding ortho intramolecular Hbond substituents is 1. The second-order valence-corrected chi connectivity index (χ2v) is 9.96. The molecule has 1 aromatic rings. The Kier molecular flexibility index (Phi) is 20.3. The van der Waals surface area contributed by atoms with E-state index >= 15 is 0 Å². The van der Waals surface area contributed by atoms with Gasteiger partial charge >= 0.3 is 6.03 Å². The Morgan fingerprint density at radius 3 is 1.92 bits per heavy atom. The van der Waals surface area contributed by atoms with Crippen LogP contribution in [0.2, 0.25) is 0 Å². The van der Waals surface area contributed by atoms with Crippen LogP contribution in [0.3, 0.4) is 0 Å². The zero-order valence-electron chi connectivity index (χ0n) is 23.4. The van der Waals surface area contributed by atoms with Crippen molar-refractivity contribution in [3.05, 3.63) is 24.3 Å². The van der Waals surface area contributed by atoms with Gasteiger partial charge in [0.1, 0.15) is 11.5 Å². The molecule has 0 aliphatic heterocycles. The summed E-state index contributed by atoms with van der Waals surface area (Å²) in [6, 6.07) is 5.70. The summed E-state index contributed by atoms with van der Waals surface area (Å²) in [6.45, 7) is 5.26. The van der Waals surface area contributed by atoms with Crippen LogP contribution in [0.4, 0.5) is 4.79 Å². The monoisotopic (exact) mass is 520 g/mol. The predicted molar refractivity (Wildman–Crippen MR) is 150 cm³/mol. The Bertz CT molecular complexity index is 696. The number of carbonyl (C=O) groups excluding carboxylic acids is 2. The number of urea groups is 1. The van der Waals surface area contributed by atoms with Crippen molar-refractivity contribution in [2.45, 2.75) is 123 Å². The summed E-state index contributed by atoms with van der Waals surface area (Å²) in [6.07, 6.45) is 20.3. The summed E-state index contributed by atoms with van der Waals surface area (Å²) >= 11 is 0. The molecule has 1 aromatic carbocycles. The van der Waals surface area contributed by atoms with Gasteiger partial charge in [-0.15, -0.1) is 0 Å². The Balaban J connectivity index is 1.86. The number of aromatic hydroxyl groups is 1. The molecule has 0 saturated carbocycles. The number of hydrogen-bond donors (Lipinski definition) is 3. The van der Waals surface area contributed by atoms with Crippen molar-refractivity contribution in [2.75, 3.05) is 19.8 Å². The van der Waals surface area contributed by atoms with Crippen molar-refractivity contribution >= 4 is 11.9 Å². The molecule has 37 heavy (non-hydrogen) atoms. The number of ether oxygens (including phenoxy) is 2. The molecule has 0 bridgehead atoms. The van der Waals surface area contributed by atoms with E-state index in [4.69, 9.17) is 9.47 Å². The maximum absolute atomic E-state index is 11.8. The summed E-state index contributed by atoms with van der Waals surface area (Å²) in [4.78, 5) is 23.6. The molecule has 7 heteroatoms. The first-order valence-corrected chi connectivity index (χ1v) is 14.6. The molecule has 0 radical (unpaired) electrons. The van der Waals surface area contributed by atoms with Gasteiger partial charge in [-0.1, -0.05) is 96.8 Å². The summed E-state index contributed by atoms with van der Waals surface area (Å²) in [7, 11) is 0. The minimum absolute atomic E-state index is 0.0566. The van der Waals surface area contributed by atoms with Gasteiger partial charge in [0.25, 0.3) is 0 Å². The molecule has 212 valence electrons. The van der Waals surface area contributed by atoms with E-state index < -0.39 is 11.9 Å². The molecule has 0 aromatic heterocycles. The SMILES string of the molecule is CCCCCCCCCCCCCCCCC(C)OCCNC(=O)NC(=O)CCOc1ccc(O)cc1. The van der Waals surface area contributed by atoms with E-state index in [1.54, 1.807) is 12.1 Å². The van der Waals surface area contributed by atoms with Gasteiger partial charge < -0.3 is 19.9 Å². The lowest BCUT2D eigenvalue weighted by molar-refractivity contribution is -0.120. The standard InChI is InChI=1S/C30H52N2O5/c1-3-4-5-6-7-8-9-10-11-12-13-14-15-16-17-26(2)36-25-23-31-30(35)32-29(34)22-24-37-28-20-18-27(33)19-21-28/h18-21,26,33H,3-17,22-25H2,1-2H3,(H2,31,32,34,35). The van der Waals surface area contributed by atoms with Gasteiger partial charge in [-0.05, 0) is 37.6 Å². The Morgan fingerprint density at radius 1 is 0.811 bits per heavy atom. The van der Waals surface area contributed by atoms with Gasteiger partial charge in [0.15, 0.2) is 0 Å². The van der Waals surface area contributed by atoms with Crippen LogP contribution in [0.15, 0.2) is 24.3 Å². The van der Waals surface area contributed by atoms with Crippen LogP contribution in [-0.4, -0.2) is 42.9 Å². The topological polar surface area (TPSA) is 96.9 Å². The summed E-state index contributed by atoms with van der Waals surface area (Å²) in [5.74, 6) is 0.286. The molecule has 0 aliphatic carbocycles. The van der Waals surface area contributed by atoms with Crippen molar-refractivity contribution in [3.8, 4) is 11.5 Å². The van der Waals surface area contributed by atoms with Crippen molar-refractivity contribution in [1.82, 2.24) is 10.6 Å². The lowest BCUT2D eigenvalue weighted by Crippen LogP contribution is -2.41. The van der Waals surface area contributed by atoms with Gasteiger partial charge in [0, 0.05) is 6.54 Å². The van der Waals surface area contributed by atoms with Crippen LogP contribution in [0.1, 0.15) is 117 Å². The molecule has 0 spiro atoms. The number of rotatable bonds is 23. The largest absolute Gasteiger partial charge is 0.508 e. The predicted octanol–water partition coefficient (Wildman–Crippen LogP) is 7.26. The molecule has 7 nitrogen and oxygen atoms in total. The van der Waals surface area contributed by atoms with E-state index in [9.17, 15) is 14.7 Å². The van der Waals surface area contributed by atoms with E-state index in [2.05, 4.69) is 24.5 Å². The van der Waals surface area contributed by atoms with Gasteiger partial charge in [-0.3, -0.25) is 10.1 Å². The smallest absolute Gasteiger partial charge is 0.321 e. The Hall–Kier alpha value is -2.28. The number of unbranched alkanes of at least 4 members (excludes halogenated alkanes) is 13. The summed E-state index contributed by atoms with van der Waals surface area (Å²) in [5, 5.41) is 14.2. The van der Waals surface area contributed by atoms with Crippen molar-refractivity contribution in [3.63, 3.8) is 0 Å². The summed E-state index contributed by atoms with van der Waals surface area (Å²) in [5.41, 5.74) is 0. The molecule has 1 atom stereocenters. The second kappa shape index (κ2) is 22.9. The lowest BCUT2D eigenvalue weighted by Gasteiger charge is -2.13. The van der Waals surface area contributed by atoms with Crippen LogP contribution in [0, 0.1) is 0 Å². The molecule has 0 aliphatic rings. The van der Waals surface area contributed by atoms with E-state index in [-0.39, 0.29) is 24.9 Å². The molecule has 1 unspecified atom stereocenters. The zero-order valence-corrected chi connectivity index (χ0v) is 23.4. The summed E-state index contributed by atoms with van der Waals surface area (Å²) < 4.78 is 11.2. The van der Waals surface area contributed by atoms with Crippen LogP contribution >= 0.6 is 0 Å². The second-order valence-electron chi connectivity index (χ2n) is 9.96. The molecule has 1 rings (SSSR count). The quantitative estimate of drug-likeness (QED) is 0.132. The number of phenols is 1. The first-order chi connectivity index (χ1) is 18.0. The van der Waals surface area contributed by atoms with Crippen molar-refractivity contribution in [2.24, 2.45) is 0 Å². The van der Waals surface area contributed by atoms with E-state index in [1.165, 1.54) is 102 Å². The fourth-order valence-corrected chi connectivity index (χ4v) is 4.17. The average Bonchev–Trinajstić information content (AvgIpc) is 2.88. The number of nitrogens with one attached hydrogen (secondary N) is 2. The van der Waals surface area contributed by atoms with Crippen molar-refractivity contribution < 1.29 is 24.2 Å². The highest BCUT2D eigenvalue weighted by Crippen LogP contribution is 2.16. The molecule has 0 saturated heterocycles. The fraction of sp³-hybridized carbons (Fsp3) is 0.733. The number of hydrogen-bond acceptors (Lipinski definition) is 5. The number of benzene rings is 1. The molecular formula is C30H52N2O5. The zero-order chi connectivity index (χ0) is 27.0. The number of amides is 3. The van der Waals surface area contributed by atoms with E-state index in [0.717, 1.165) is 6.42 Å². The highest BCUT2D eigenvalue weighted by atomic mass is 16.5. The van der Waals surface area contributed by atoms with Gasteiger partial charge in [-0.2, -0.15) is 0 Å². The molecular weight excluding hydrogens is 468 g/mol. The molecule has 3 N–H and O–H groups in total. The van der Waals surface area contributed by atoms with Crippen molar-refractivity contribution in [1.29, 1.82) is 0 Å². The lowest BCUT2D eigenvalue weighted by atomic mass is 10.0. The van der Waals surface area contributed by atoms with E-state index in [0.29, 0.717) is 18.9 Å². The highest BCUT2D eigenvalue weighted by Gasteiger charge is 2.08. The highest BCUT2D eigenvalue weighted by molar-refractivity contribution is 5.94. The first-order valence-electron chi connectivity index (χ1n) is 14.6. The first kappa shape index (κ1) is 32.7. The van der Waals surface area contributed by atoms with Crippen LogP contribution in [0.5, 0.6) is 11.5 Å². The van der Waals surface area contributed by atoms with Crippen LogP contribution < -0.4 is 15.4 Å².